The summed E-state index contributed by atoms with van der Waals surface area (Å²) in [6, 6.07) is 9.81. The Bertz CT molecular complexity index is 1370. The van der Waals surface area contributed by atoms with E-state index >= 15 is 0 Å². The molecule has 1 aliphatic rings. The van der Waals surface area contributed by atoms with E-state index in [-0.39, 0.29) is 23.4 Å². The van der Waals surface area contributed by atoms with Gasteiger partial charge in [0.05, 0.1) is 5.92 Å². The van der Waals surface area contributed by atoms with Gasteiger partial charge in [-0.2, -0.15) is 0 Å². The molecule has 0 unspecified atom stereocenters. The molecule has 1 saturated carbocycles. The Kier molecular flexibility index (Phi) is 10.7. The fraction of sp³-hybridized carbons (Fsp3) is 0.562. The molecule has 216 valence electrons. The van der Waals surface area contributed by atoms with Gasteiger partial charge in [0.2, 0.25) is 0 Å². The van der Waals surface area contributed by atoms with E-state index < -0.39 is 24.3 Å². The zero-order valence-corrected chi connectivity index (χ0v) is 27.2. The van der Waals surface area contributed by atoms with Crippen LogP contribution in [0, 0.1) is 5.92 Å². The second kappa shape index (κ2) is 14.0. The number of carboxylic acid groups (broad SMARTS) is 1. The number of rotatable bonds is 13. The molecule has 2 aromatic heterocycles. The number of fused-ring (bicyclic) bond motifs is 2. The topological polar surface area (TPSA) is 101 Å². The molecule has 0 radical (unpaired) electrons. The number of benzene rings is 1. The molecule has 1 amide bonds. The van der Waals surface area contributed by atoms with Crippen molar-refractivity contribution in [3.05, 3.63) is 52.4 Å². The number of hydrogen-bond acceptors (Lipinski definition) is 4. The molecule has 1 aromatic carbocycles. The van der Waals surface area contributed by atoms with Gasteiger partial charge in [0, 0.05) is 0 Å². The number of aromatic nitrogens is 2. The monoisotopic (exact) mass is 655 g/mol. The van der Waals surface area contributed by atoms with Crippen molar-refractivity contribution in [1.29, 1.82) is 0 Å². The summed E-state index contributed by atoms with van der Waals surface area (Å²) >= 11 is -2.73. The van der Waals surface area contributed by atoms with Crippen molar-refractivity contribution in [2.75, 3.05) is 0 Å². The van der Waals surface area contributed by atoms with Crippen LogP contribution in [0.15, 0.2) is 41.3 Å². The Balaban J connectivity index is 1.70. The molecule has 40 heavy (non-hydrogen) atoms. The van der Waals surface area contributed by atoms with E-state index in [1.54, 1.807) is 18.3 Å². The molecule has 0 bridgehead atoms. The van der Waals surface area contributed by atoms with Crippen molar-refractivity contribution in [2.45, 2.75) is 104 Å². The van der Waals surface area contributed by atoms with Crippen LogP contribution in [0.2, 0.25) is 13.3 Å². The third kappa shape index (κ3) is 6.72. The van der Waals surface area contributed by atoms with Gasteiger partial charge in [0.1, 0.15) is 0 Å². The first kappa shape index (κ1) is 30.5. The Hall–Kier alpha value is -2.42. The van der Waals surface area contributed by atoms with Gasteiger partial charge in [-0.25, -0.2) is 0 Å². The molecule has 2 heterocycles. The molecule has 2 N–H and O–H groups in total. The molecule has 4 rings (SSSR count). The average Bonchev–Trinajstić information content (AvgIpc) is 2.97. The van der Waals surface area contributed by atoms with E-state index in [0.29, 0.717) is 47.8 Å². The molecular weight excluding hydrogens is 609 g/mol. The zero-order valence-electron chi connectivity index (χ0n) is 24.4. The first-order valence-corrected chi connectivity index (χ1v) is 22.8. The van der Waals surface area contributed by atoms with Crippen molar-refractivity contribution in [2.24, 2.45) is 5.92 Å². The van der Waals surface area contributed by atoms with Crippen LogP contribution in [0.4, 0.5) is 0 Å². The second-order valence-electron chi connectivity index (χ2n) is 11.7. The Morgan fingerprint density at radius 1 is 0.975 bits per heavy atom. The van der Waals surface area contributed by atoms with E-state index in [0.717, 1.165) is 0 Å². The fourth-order valence-corrected chi connectivity index (χ4v) is 22.4. The summed E-state index contributed by atoms with van der Waals surface area (Å²) < 4.78 is 6.96. The number of pyridine rings is 1. The van der Waals surface area contributed by atoms with E-state index in [9.17, 15) is 19.5 Å². The first-order valence-electron chi connectivity index (χ1n) is 15.3. The molecule has 8 heteroatoms. The van der Waals surface area contributed by atoms with Gasteiger partial charge in [-0.15, -0.1) is 0 Å². The number of carbonyl (C=O) groups is 2. The maximum absolute atomic E-state index is 13.8. The van der Waals surface area contributed by atoms with Gasteiger partial charge < -0.3 is 5.11 Å². The zero-order chi connectivity index (χ0) is 28.7. The molecule has 0 atom stereocenters. The number of unbranched alkanes of at least 4 members (excludes halogenated alkanes) is 3. The van der Waals surface area contributed by atoms with Crippen molar-refractivity contribution >= 4 is 50.4 Å². The Labute approximate surface area is 241 Å². The normalized spacial score (nSPS) is 17.8. The minimum atomic E-state index is -2.73. The molecule has 7 nitrogen and oxygen atoms in total. The first-order chi connectivity index (χ1) is 19.3. The van der Waals surface area contributed by atoms with Crippen LogP contribution in [-0.2, 0) is 4.79 Å². The van der Waals surface area contributed by atoms with Crippen molar-refractivity contribution in [1.82, 2.24) is 14.7 Å². The van der Waals surface area contributed by atoms with Crippen LogP contribution < -0.4 is 14.5 Å². The quantitative estimate of drug-likeness (QED) is 0.167. The van der Waals surface area contributed by atoms with Crippen LogP contribution in [0.3, 0.4) is 0 Å². The van der Waals surface area contributed by atoms with E-state index in [1.807, 2.05) is 6.07 Å². The average molecular weight is 654 g/mol. The molecule has 0 aliphatic heterocycles. The molecule has 0 saturated heterocycles. The summed E-state index contributed by atoms with van der Waals surface area (Å²) in [6.45, 7) is 6.82. The number of hydrogen-bond donors (Lipinski definition) is 2. The van der Waals surface area contributed by atoms with Gasteiger partial charge in [0.25, 0.3) is 0 Å². The van der Waals surface area contributed by atoms with Gasteiger partial charge in [-0.1, -0.05) is 0 Å². The van der Waals surface area contributed by atoms with Crippen molar-refractivity contribution in [3.63, 3.8) is 0 Å². The van der Waals surface area contributed by atoms with Crippen LogP contribution >= 0.6 is 0 Å². The maximum atomic E-state index is 13.8. The molecule has 3 aromatic rings. The van der Waals surface area contributed by atoms with Crippen LogP contribution in [-0.4, -0.2) is 50.8 Å². The molecule has 0 spiro atoms. The predicted octanol–water partition coefficient (Wildman–Crippen LogP) is 6.28. The number of nitrogens with one attached hydrogen (secondary N) is 1. The van der Waals surface area contributed by atoms with Crippen molar-refractivity contribution < 1.29 is 14.7 Å². The van der Waals surface area contributed by atoms with Crippen LogP contribution in [0.25, 0.3) is 16.6 Å². The third-order valence-electron chi connectivity index (χ3n) is 8.93. The number of carboxylic acids is 1. The number of amides is 1. The summed E-state index contributed by atoms with van der Waals surface area (Å²) in [5.41, 5.74) is 1.24. The van der Waals surface area contributed by atoms with Crippen LogP contribution in [0.5, 0.6) is 0 Å². The Morgan fingerprint density at radius 2 is 1.60 bits per heavy atom. The summed E-state index contributed by atoms with van der Waals surface area (Å²) in [7, 11) is 0. The van der Waals surface area contributed by atoms with E-state index in [4.69, 9.17) is 4.98 Å². The van der Waals surface area contributed by atoms with E-state index in [1.165, 1.54) is 59.8 Å². The summed E-state index contributed by atoms with van der Waals surface area (Å²) in [5.74, 6) is -1.37. The summed E-state index contributed by atoms with van der Waals surface area (Å²) in [4.78, 5) is 43.3. The Morgan fingerprint density at radius 3 is 2.17 bits per heavy atom. The summed E-state index contributed by atoms with van der Waals surface area (Å²) in [5, 5.41) is 13.0. The molecular formula is C32H45N3O4Sn. The van der Waals surface area contributed by atoms with Gasteiger partial charge in [-0.05, 0) is 0 Å². The molecule has 1 fully saturated rings. The van der Waals surface area contributed by atoms with Crippen molar-refractivity contribution in [3.8, 4) is 0 Å². The number of aliphatic carboxylic acids is 1. The fourth-order valence-electron chi connectivity index (χ4n) is 6.44. The van der Waals surface area contributed by atoms with Gasteiger partial charge in [0.15, 0.2) is 0 Å². The second-order valence-corrected chi connectivity index (χ2v) is 25.0. The van der Waals surface area contributed by atoms with Gasteiger partial charge >= 0.3 is 227 Å². The standard InChI is InChI=1S/C20H18N3O4.3C4H9.Sn/c24-18(21-13-9-7-12(8-10-13)20(26)27)15-5-3-11-23-17(15)22-16-6-2-1-4-14(16)19(23)25;3*1-3-4-2;/h2-6,11-13H,7-10H2,(H,21,24)(H,26,27);3*1,3-4H2,2H3;/t12-,13+;;;;. The number of carbonyl (C=O) groups excluding carboxylic acids is 1. The summed E-state index contributed by atoms with van der Waals surface area (Å²) in [6.07, 6.45) is 11.5. The van der Waals surface area contributed by atoms with Gasteiger partial charge in [-0.3, -0.25) is 4.79 Å². The third-order valence-corrected chi connectivity index (χ3v) is 24.5. The van der Waals surface area contributed by atoms with Crippen LogP contribution in [0.1, 0.15) is 95.3 Å². The van der Waals surface area contributed by atoms with E-state index in [2.05, 4.69) is 38.2 Å². The number of nitrogens with zero attached hydrogens (tertiary/aromatic N) is 2. The molecule has 1 aliphatic carbocycles. The minimum absolute atomic E-state index is 0.0759. The predicted molar refractivity (Wildman–Crippen MR) is 164 cm³/mol. The SMILES string of the molecule is CCC[CH2][Sn]([CH2]CCC)([CH2]CCC)[c]1ccc2nc3c(C(=O)N[C@H]4CC[C@@H](C(=O)O)CC4)cccn3c(=O)c2c1.